The normalized spacial score (nSPS) is 11.4. The Hall–Kier alpha value is -0.353. The lowest BCUT2D eigenvalue weighted by Gasteiger charge is -2.02. The van der Waals surface area contributed by atoms with E-state index in [4.69, 9.17) is 10.5 Å². The van der Waals surface area contributed by atoms with Crippen LogP contribution in [0, 0.1) is 0 Å². The van der Waals surface area contributed by atoms with E-state index in [0.717, 1.165) is 12.8 Å². The maximum atomic E-state index is 10.3. The number of carboxylic acids is 1. The maximum absolute atomic E-state index is 10.3. The average Bonchev–Trinajstić information content (AvgIpc) is 2.39. The number of aliphatic carboxylic acids is 1. The molecule has 0 aliphatic rings. The van der Waals surface area contributed by atoms with Crippen molar-refractivity contribution in [3.63, 3.8) is 0 Å². The van der Waals surface area contributed by atoms with Gasteiger partial charge in [-0.15, -0.1) is 0 Å². The fourth-order valence-corrected chi connectivity index (χ4v) is 3.01. The van der Waals surface area contributed by atoms with Crippen molar-refractivity contribution in [2.24, 2.45) is 5.40 Å². The van der Waals surface area contributed by atoms with Crippen LogP contribution in [0.15, 0.2) is 0 Å². The van der Waals surface area contributed by atoms with Gasteiger partial charge in [-0.05, 0) is 6.42 Å². The summed E-state index contributed by atoms with van der Waals surface area (Å²) in [4.78, 5) is 10.3. The number of carbonyl (C=O) groups is 1. The minimum absolute atomic E-state index is 0.183. The van der Waals surface area contributed by atoms with E-state index in [9.17, 15) is 4.79 Å². The lowest BCUT2D eigenvalue weighted by Crippen LogP contribution is -2.02. The SMILES string of the molecule is N[SiH2]CCCCCCCCCCCCCCC(=O)O. The van der Waals surface area contributed by atoms with Gasteiger partial charge >= 0.3 is 5.97 Å². The molecule has 3 N–H and O–H groups in total. The third-order valence-electron chi connectivity index (χ3n) is 3.59. The van der Waals surface area contributed by atoms with Crippen molar-refractivity contribution < 1.29 is 9.90 Å². The van der Waals surface area contributed by atoms with Crippen molar-refractivity contribution in [2.75, 3.05) is 0 Å². The molecule has 0 radical (unpaired) electrons. The molecule has 0 aromatic carbocycles. The average molecular weight is 288 g/mol. The first-order valence-electron chi connectivity index (χ1n) is 8.19. The van der Waals surface area contributed by atoms with Crippen molar-refractivity contribution >= 4 is 15.7 Å². The molecule has 0 aromatic heterocycles. The summed E-state index contributed by atoms with van der Waals surface area (Å²) in [7, 11) is -0.183. The minimum Gasteiger partial charge on any atom is -0.481 e. The molecule has 0 saturated heterocycles. The topological polar surface area (TPSA) is 63.3 Å². The quantitative estimate of drug-likeness (QED) is 0.357. The van der Waals surface area contributed by atoms with Crippen molar-refractivity contribution in [3.8, 4) is 0 Å². The highest BCUT2D eigenvalue weighted by Gasteiger charge is 1.96. The summed E-state index contributed by atoms with van der Waals surface area (Å²) in [5.74, 6) is -0.659. The first-order chi connectivity index (χ1) is 9.27. The Morgan fingerprint density at radius 1 is 0.737 bits per heavy atom. The molecule has 0 bridgehead atoms. The van der Waals surface area contributed by atoms with E-state index in [-0.39, 0.29) is 9.68 Å². The molecule has 0 rings (SSSR count). The molecule has 0 aliphatic carbocycles. The van der Waals surface area contributed by atoms with Crippen molar-refractivity contribution in [1.29, 1.82) is 0 Å². The lowest BCUT2D eigenvalue weighted by atomic mass is 10.0. The second kappa shape index (κ2) is 15.7. The molecule has 4 heteroatoms. The first kappa shape index (κ1) is 18.6. The maximum Gasteiger partial charge on any atom is 0.303 e. The van der Waals surface area contributed by atoms with Crippen LogP contribution in [0.1, 0.15) is 83.5 Å². The molecule has 19 heavy (non-hydrogen) atoms. The zero-order chi connectivity index (χ0) is 14.2. The first-order valence-corrected chi connectivity index (χ1v) is 10.0. The van der Waals surface area contributed by atoms with Crippen molar-refractivity contribution in [1.82, 2.24) is 0 Å². The van der Waals surface area contributed by atoms with Gasteiger partial charge in [-0.25, -0.2) is 0 Å². The van der Waals surface area contributed by atoms with Gasteiger partial charge in [-0.2, -0.15) is 0 Å². The van der Waals surface area contributed by atoms with Gasteiger partial charge in [0.2, 0.25) is 0 Å². The summed E-state index contributed by atoms with van der Waals surface area (Å²) in [5, 5.41) is 14.1. The monoisotopic (exact) mass is 287 g/mol. The second-order valence-electron chi connectivity index (χ2n) is 5.53. The van der Waals surface area contributed by atoms with Gasteiger partial charge in [0.1, 0.15) is 0 Å². The highest BCUT2D eigenvalue weighted by molar-refractivity contribution is 6.30. The predicted octanol–water partition coefficient (Wildman–Crippen LogP) is 3.60. The number of rotatable bonds is 15. The Kier molecular flexibility index (Phi) is 15.4. The van der Waals surface area contributed by atoms with Gasteiger partial charge in [0.05, 0.1) is 9.68 Å². The molecule has 0 fully saturated rings. The van der Waals surface area contributed by atoms with Crippen LogP contribution in [0.5, 0.6) is 0 Å². The summed E-state index contributed by atoms with van der Waals surface area (Å²) in [5.41, 5.74) is 0. The summed E-state index contributed by atoms with van der Waals surface area (Å²) >= 11 is 0. The van der Waals surface area contributed by atoms with Crippen LogP contribution in [0.25, 0.3) is 0 Å². The van der Waals surface area contributed by atoms with Crippen LogP contribution in [0.4, 0.5) is 0 Å². The Morgan fingerprint density at radius 3 is 1.47 bits per heavy atom. The number of unbranched alkanes of at least 4 members (excludes halogenated alkanes) is 11. The molecule has 0 heterocycles. The third kappa shape index (κ3) is 17.6. The van der Waals surface area contributed by atoms with E-state index in [1.807, 2.05) is 0 Å². The zero-order valence-corrected chi connectivity index (χ0v) is 14.0. The number of hydrogen-bond acceptors (Lipinski definition) is 2. The minimum atomic E-state index is -0.659. The Bertz CT molecular complexity index is 201. The van der Waals surface area contributed by atoms with Gasteiger partial charge in [-0.3, -0.25) is 4.79 Å². The predicted molar refractivity (Wildman–Crippen MR) is 85.2 cm³/mol. The van der Waals surface area contributed by atoms with Crippen LogP contribution in [-0.4, -0.2) is 20.8 Å². The van der Waals surface area contributed by atoms with Crippen LogP contribution in [-0.2, 0) is 4.79 Å². The standard InChI is InChI=1S/C15H33NO2Si/c16-19-14-12-10-8-6-4-2-1-3-5-7-9-11-13-15(17)18/h1-14,16,19H2,(H,17,18). The summed E-state index contributed by atoms with van der Waals surface area (Å²) < 4.78 is 0. The molecule has 0 saturated carbocycles. The van der Waals surface area contributed by atoms with E-state index >= 15 is 0 Å². The molecule has 0 amide bonds. The van der Waals surface area contributed by atoms with Gasteiger partial charge < -0.3 is 10.5 Å². The zero-order valence-electron chi connectivity index (χ0n) is 12.5. The van der Waals surface area contributed by atoms with Gasteiger partial charge in [0.25, 0.3) is 0 Å². The van der Waals surface area contributed by atoms with Gasteiger partial charge in [0, 0.05) is 6.42 Å². The van der Waals surface area contributed by atoms with E-state index in [2.05, 4.69) is 0 Å². The molecule has 0 atom stereocenters. The van der Waals surface area contributed by atoms with Gasteiger partial charge in [-0.1, -0.05) is 76.7 Å². The highest BCUT2D eigenvalue weighted by Crippen LogP contribution is 2.12. The number of nitrogens with two attached hydrogens (primary N) is 1. The molecule has 0 spiro atoms. The smallest absolute Gasteiger partial charge is 0.303 e. The Morgan fingerprint density at radius 2 is 1.11 bits per heavy atom. The molecular weight excluding hydrogens is 254 g/mol. The number of hydrogen-bond donors (Lipinski definition) is 2. The van der Waals surface area contributed by atoms with Crippen LogP contribution in [0.2, 0.25) is 6.04 Å². The molecular formula is C15H33NO2Si. The van der Waals surface area contributed by atoms with E-state index < -0.39 is 5.97 Å². The van der Waals surface area contributed by atoms with E-state index in [1.54, 1.807) is 0 Å². The largest absolute Gasteiger partial charge is 0.481 e. The summed E-state index contributed by atoms with van der Waals surface area (Å²) in [6, 6.07) is 1.32. The highest BCUT2D eigenvalue weighted by atomic mass is 28.2. The van der Waals surface area contributed by atoms with Gasteiger partial charge in [0.15, 0.2) is 0 Å². The second-order valence-corrected chi connectivity index (χ2v) is 6.81. The Balaban J connectivity index is 2.93. The number of carboxylic acid groups (broad SMARTS) is 1. The molecule has 0 aromatic rings. The van der Waals surface area contributed by atoms with Crippen LogP contribution < -0.4 is 5.40 Å². The summed E-state index contributed by atoms with van der Waals surface area (Å²) in [6.07, 6.45) is 15.7. The van der Waals surface area contributed by atoms with E-state index in [1.165, 1.54) is 70.3 Å². The molecule has 3 nitrogen and oxygen atoms in total. The van der Waals surface area contributed by atoms with Crippen LogP contribution in [0.3, 0.4) is 0 Å². The van der Waals surface area contributed by atoms with E-state index in [0.29, 0.717) is 6.42 Å². The van der Waals surface area contributed by atoms with Crippen molar-refractivity contribution in [3.05, 3.63) is 0 Å². The lowest BCUT2D eigenvalue weighted by molar-refractivity contribution is -0.137. The Labute approximate surface area is 121 Å². The fraction of sp³-hybridized carbons (Fsp3) is 0.933. The molecule has 114 valence electrons. The van der Waals surface area contributed by atoms with Crippen molar-refractivity contribution in [2.45, 2.75) is 89.5 Å². The summed E-state index contributed by atoms with van der Waals surface area (Å²) in [6.45, 7) is 0. The fourth-order valence-electron chi connectivity index (χ4n) is 2.37. The third-order valence-corrected chi connectivity index (χ3v) is 4.50. The molecule has 0 unspecified atom stereocenters. The van der Waals surface area contributed by atoms with Crippen LogP contribution >= 0.6 is 0 Å². The molecule has 0 aliphatic heterocycles.